The fourth-order valence-electron chi connectivity index (χ4n) is 3.93. The summed E-state index contributed by atoms with van der Waals surface area (Å²) >= 11 is 0. The van der Waals surface area contributed by atoms with Crippen molar-refractivity contribution in [2.45, 2.75) is 31.0 Å². The number of aliphatic hydroxyl groups excluding tert-OH is 3. The van der Waals surface area contributed by atoms with Gasteiger partial charge in [0.1, 0.15) is 18.3 Å². The first kappa shape index (κ1) is 20.6. The van der Waals surface area contributed by atoms with E-state index in [4.69, 9.17) is 15.2 Å². The van der Waals surface area contributed by atoms with Crippen molar-refractivity contribution in [3.05, 3.63) is 54.4 Å². The molecule has 10 nitrogen and oxygen atoms in total. The predicted molar refractivity (Wildman–Crippen MR) is 116 cm³/mol. The van der Waals surface area contributed by atoms with Crippen molar-refractivity contribution < 1.29 is 24.8 Å². The number of nitrogens with two attached hydrogens (primary N) is 1. The van der Waals surface area contributed by atoms with Gasteiger partial charge in [0.2, 0.25) is 0 Å². The average Bonchev–Trinajstić information content (AvgIpc) is 3.35. The van der Waals surface area contributed by atoms with E-state index in [1.165, 1.54) is 16.3 Å². The van der Waals surface area contributed by atoms with E-state index in [9.17, 15) is 15.3 Å². The minimum absolute atomic E-state index is 0.0734. The Kier molecular flexibility index (Phi) is 5.35. The molecule has 0 bridgehead atoms. The average molecular weight is 437 g/mol. The van der Waals surface area contributed by atoms with E-state index in [0.29, 0.717) is 24.2 Å². The zero-order valence-electron chi connectivity index (χ0n) is 17.1. The Morgan fingerprint density at radius 2 is 1.88 bits per heavy atom. The van der Waals surface area contributed by atoms with Crippen molar-refractivity contribution in [3.8, 4) is 6.01 Å². The van der Waals surface area contributed by atoms with Crippen molar-refractivity contribution in [3.63, 3.8) is 0 Å². The smallest absolute Gasteiger partial charge is 0.320 e. The molecule has 32 heavy (non-hydrogen) atoms. The molecule has 0 saturated carbocycles. The monoisotopic (exact) mass is 437 g/mol. The normalized spacial score (nSPS) is 23.2. The van der Waals surface area contributed by atoms with Crippen LogP contribution in [0.1, 0.15) is 11.8 Å². The molecule has 1 saturated heterocycles. The molecule has 0 radical (unpaired) electrons. The second-order valence-corrected chi connectivity index (χ2v) is 7.72. The van der Waals surface area contributed by atoms with Crippen LogP contribution in [0.15, 0.2) is 48.8 Å². The second-order valence-electron chi connectivity index (χ2n) is 7.72. The topological polar surface area (TPSA) is 149 Å². The van der Waals surface area contributed by atoms with Crippen molar-refractivity contribution >= 4 is 27.8 Å². The molecule has 2 aromatic heterocycles. The highest BCUT2D eigenvalue weighted by atomic mass is 16.6. The molecule has 1 aliphatic heterocycles. The van der Waals surface area contributed by atoms with E-state index in [1.54, 1.807) is 0 Å². The summed E-state index contributed by atoms with van der Waals surface area (Å²) in [5.41, 5.74) is 7.77. The fourth-order valence-corrected chi connectivity index (χ4v) is 3.93. The zero-order valence-corrected chi connectivity index (χ0v) is 17.1. The van der Waals surface area contributed by atoms with Crippen LogP contribution in [0.3, 0.4) is 0 Å². The van der Waals surface area contributed by atoms with E-state index in [2.05, 4.69) is 45.3 Å². The maximum atomic E-state index is 10.3. The molecule has 1 fully saturated rings. The summed E-state index contributed by atoms with van der Waals surface area (Å²) in [6, 6.07) is 14.5. The number of anilines is 1. The first-order valence-electron chi connectivity index (χ1n) is 10.3. The number of aliphatic hydroxyl groups is 3. The largest absolute Gasteiger partial charge is 0.463 e. The molecule has 5 rings (SSSR count). The van der Waals surface area contributed by atoms with Crippen LogP contribution < -0.4 is 10.5 Å². The molecule has 5 N–H and O–H groups in total. The minimum Gasteiger partial charge on any atom is -0.463 e. The summed E-state index contributed by atoms with van der Waals surface area (Å²) in [5, 5.41) is 32.1. The van der Waals surface area contributed by atoms with E-state index in [1.807, 2.05) is 12.1 Å². The van der Waals surface area contributed by atoms with Crippen molar-refractivity contribution in [2.24, 2.45) is 0 Å². The summed E-state index contributed by atoms with van der Waals surface area (Å²) in [5.74, 6) is 0.126. The van der Waals surface area contributed by atoms with Gasteiger partial charge in [0.25, 0.3) is 0 Å². The minimum atomic E-state index is -1.27. The SMILES string of the molecule is Nc1nc(OCCc2ccc3ccccc3c2)nc2c1ncn2[C@@H]1O[C@H](CO)[C@H](O)[C@@H]1O. The highest BCUT2D eigenvalue weighted by molar-refractivity contribution is 5.83. The van der Waals surface area contributed by atoms with Gasteiger partial charge >= 0.3 is 6.01 Å². The fraction of sp³-hybridized carbons (Fsp3) is 0.318. The molecule has 0 amide bonds. The molecule has 10 heteroatoms. The number of benzene rings is 2. The van der Waals surface area contributed by atoms with Gasteiger partial charge in [-0.15, -0.1) is 0 Å². The number of hydrogen-bond donors (Lipinski definition) is 4. The molecule has 166 valence electrons. The van der Waals surface area contributed by atoms with Crippen LogP contribution in [-0.2, 0) is 11.2 Å². The lowest BCUT2D eigenvalue weighted by Crippen LogP contribution is -2.33. The maximum absolute atomic E-state index is 10.3. The lowest BCUT2D eigenvalue weighted by Gasteiger charge is -2.16. The van der Waals surface area contributed by atoms with Gasteiger partial charge in [-0.25, -0.2) is 4.98 Å². The van der Waals surface area contributed by atoms with Gasteiger partial charge in [0.15, 0.2) is 23.2 Å². The quantitative estimate of drug-likeness (QED) is 0.343. The van der Waals surface area contributed by atoms with Crippen LogP contribution >= 0.6 is 0 Å². The lowest BCUT2D eigenvalue weighted by atomic mass is 10.1. The molecule has 2 aromatic carbocycles. The first-order chi connectivity index (χ1) is 15.5. The third-order valence-electron chi connectivity index (χ3n) is 5.65. The molecule has 0 aliphatic carbocycles. The van der Waals surface area contributed by atoms with Crippen molar-refractivity contribution in [1.82, 2.24) is 19.5 Å². The van der Waals surface area contributed by atoms with Crippen LogP contribution in [0.2, 0.25) is 0 Å². The number of hydrogen-bond acceptors (Lipinski definition) is 9. The van der Waals surface area contributed by atoms with Gasteiger partial charge in [0, 0.05) is 6.42 Å². The highest BCUT2D eigenvalue weighted by Gasteiger charge is 2.44. The van der Waals surface area contributed by atoms with Crippen LogP contribution in [0, 0.1) is 0 Å². The molecular weight excluding hydrogens is 414 g/mol. The molecular formula is C22H23N5O5. The van der Waals surface area contributed by atoms with Gasteiger partial charge in [0.05, 0.1) is 19.5 Å². The summed E-state index contributed by atoms with van der Waals surface area (Å²) < 4.78 is 12.8. The zero-order chi connectivity index (χ0) is 22.2. The molecule has 4 atom stereocenters. The Morgan fingerprint density at radius 1 is 1.06 bits per heavy atom. The molecule has 1 aliphatic rings. The van der Waals surface area contributed by atoms with Gasteiger partial charge in [-0.2, -0.15) is 9.97 Å². The molecule has 0 spiro atoms. The van der Waals surface area contributed by atoms with E-state index < -0.39 is 31.1 Å². The first-order valence-corrected chi connectivity index (χ1v) is 10.3. The Hall–Kier alpha value is -3.31. The van der Waals surface area contributed by atoms with Crippen LogP contribution in [0.25, 0.3) is 21.9 Å². The summed E-state index contributed by atoms with van der Waals surface area (Å²) in [6.07, 6.45) is -2.34. The third kappa shape index (κ3) is 3.63. The van der Waals surface area contributed by atoms with Gasteiger partial charge in [-0.3, -0.25) is 4.57 Å². The Balaban J connectivity index is 1.35. The van der Waals surface area contributed by atoms with Gasteiger partial charge in [-0.1, -0.05) is 42.5 Å². The van der Waals surface area contributed by atoms with Gasteiger partial charge in [-0.05, 0) is 16.3 Å². The summed E-state index contributed by atoms with van der Waals surface area (Å²) in [6.45, 7) is -0.0904. The highest BCUT2D eigenvalue weighted by Crippen LogP contribution is 2.32. The Bertz CT molecular complexity index is 1260. The molecule has 0 unspecified atom stereocenters. The van der Waals surface area contributed by atoms with Crippen LogP contribution in [0.4, 0.5) is 5.82 Å². The number of rotatable bonds is 6. The van der Waals surface area contributed by atoms with Crippen molar-refractivity contribution in [2.75, 3.05) is 18.9 Å². The van der Waals surface area contributed by atoms with Gasteiger partial charge < -0.3 is 30.5 Å². The maximum Gasteiger partial charge on any atom is 0.320 e. The summed E-state index contributed by atoms with van der Waals surface area (Å²) in [7, 11) is 0. The van der Waals surface area contributed by atoms with Crippen molar-refractivity contribution in [1.29, 1.82) is 0 Å². The summed E-state index contributed by atoms with van der Waals surface area (Å²) in [4.78, 5) is 12.7. The Labute approximate surface area is 182 Å². The number of nitrogen functional groups attached to an aromatic ring is 1. The number of aromatic nitrogens is 4. The molecule has 4 aromatic rings. The third-order valence-corrected chi connectivity index (χ3v) is 5.65. The van der Waals surface area contributed by atoms with Crippen LogP contribution in [-0.4, -0.2) is 66.4 Å². The number of fused-ring (bicyclic) bond motifs is 2. The molecule has 3 heterocycles. The van der Waals surface area contributed by atoms with E-state index in [0.717, 1.165) is 10.9 Å². The van der Waals surface area contributed by atoms with E-state index in [-0.39, 0.29) is 11.8 Å². The van der Waals surface area contributed by atoms with Crippen LogP contribution in [0.5, 0.6) is 6.01 Å². The second kappa shape index (κ2) is 8.32. The number of nitrogens with zero attached hydrogens (tertiary/aromatic N) is 4. The lowest BCUT2D eigenvalue weighted by molar-refractivity contribution is -0.0511. The number of ether oxygens (including phenoxy) is 2. The predicted octanol–water partition coefficient (Wildman–Crippen LogP) is 0.795. The Morgan fingerprint density at radius 3 is 2.66 bits per heavy atom. The standard InChI is InChI=1S/C22H23N5O5/c23-19-16-20(27(11-24-16)21-18(30)17(29)15(10-28)32-21)26-22(25-19)31-8-7-12-5-6-13-3-1-2-4-14(13)9-12/h1-6,9,11,15,17-18,21,28-30H,7-8,10H2,(H2,23,25,26)/t15-,17+,18+,21-/m1/s1. The number of imidazole rings is 1. The van der Waals surface area contributed by atoms with E-state index >= 15 is 0 Å².